The lowest BCUT2D eigenvalue weighted by atomic mass is 10.1. The number of carbonyl (C=O) groups is 2. The largest absolute Gasteiger partial charge is 0.444 e. The fourth-order valence-corrected chi connectivity index (χ4v) is 4.52. The van der Waals surface area contributed by atoms with E-state index >= 15 is 0 Å². The zero-order chi connectivity index (χ0) is 19.4. The summed E-state index contributed by atoms with van der Waals surface area (Å²) >= 11 is 0. The van der Waals surface area contributed by atoms with E-state index in [1.54, 1.807) is 30.3 Å². The molecular formula is C19H20N2O5S. The normalized spacial score (nSPS) is 16.0. The third kappa shape index (κ3) is 4.17. The van der Waals surface area contributed by atoms with Gasteiger partial charge in [0.05, 0.1) is 10.5 Å². The summed E-state index contributed by atoms with van der Waals surface area (Å²) in [5, 5.41) is 0. The van der Waals surface area contributed by atoms with Crippen molar-refractivity contribution in [2.45, 2.75) is 23.8 Å². The van der Waals surface area contributed by atoms with Crippen molar-refractivity contribution < 1.29 is 22.7 Å². The maximum Gasteiger partial charge on any atom is 0.339 e. The van der Waals surface area contributed by atoms with Gasteiger partial charge in [-0.05, 0) is 31.0 Å². The van der Waals surface area contributed by atoms with Gasteiger partial charge < -0.3 is 10.5 Å². The number of nitrogens with two attached hydrogens (primary N) is 1. The van der Waals surface area contributed by atoms with Crippen LogP contribution in [0.4, 0.5) is 0 Å². The Hall–Kier alpha value is -2.71. The molecule has 0 aromatic heterocycles. The lowest BCUT2D eigenvalue weighted by Crippen LogP contribution is -2.28. The smallest absolute Gasteiger partial charge is 0.339 e. The summed E-state index contributed by atoms with van der Waals surface area (Å²) < 4.78 is 32.0. The topological polar surface area (TPSA) is 107 Å². The van der Waals surface area contributed by atoms with Gasteiger partial charge in [0.25, 0.3) is 5.91 Å². The second-order valence-electron chi connectivity index (χ2n) is 6.24. The molecule has 27 heavy (non-hydrogen) atoms. The van der Waals surface area contributed by atoms with E-state index in [0.717, 1.165) is 12.8 Å². The summed E-state index contributed by atoms with van der Waals surface area (Å²) in [5.41, 5.74) is 5.84. The van der Waals surface area contributed by atoms with Crippen LogP contribution in [0.5, 0.6) is 0 Å². The van der Waals surface area contributed by atoms with Gasteiger partial charge in [0.2, 0.25) is 16.1 Å². The number of hydrogen-bond acceptors (Lipinski definition) is 5. The molecule has 1 aliphatic heterocycles. The van der Waals surface area contributed by atoms with Gasteiger partial charge in [0, 0.05) is 18.7 Å². The predicted molar refractivity (Wildman–Crippen MR) is 98.2 cm³/mol. The highest BCUT2D eigenvalue weighted by Crippen LogP contribution is 2.23. The van der Waals surface area contributed by atoms with Crippen LogP contribution < -0.4 is 5.73 Å². The van der Waals surface area contributed by atoms with Crippen LogP contribution in [0, 0.1) is 0 Å². The van der Waals surface area contributed by atoms with Crippen molar-refractivity contribution in [3.05, 3.63) is 65.7 Å². The highest BCUT2D eigenvalue weighted by Gasteiger charge is 2.28. The van der Waals surface area contributed by atoms with E-state index in [1.807, 2.05) is 0 Å². The number of hydrogen-bond donors (Lipinski definition) is 1. The first-order valence-corrected chi connectivity index (χ1v) is 9.99. The van der Waals surface area contributed by atoms with Crippen LogP contribution >= 0.6 is 0 Å². The Kier molecular flexibility index (Phi) is 5.57. The number of amides is 1. The molecule has 142 valence electrons. The van der Waals surface area contributed by atoms with Gasteiger partial charge in [-0.2, -0.15) is 4.31 Å². The van der Waals surface area contributed by atoms with E-state index in [1.165, 1.54) is 28.6 Å². The number of sulfonamides is 1. The van der Waals surface area contributed by atoms with Crippen molar-refractivity contribution in [1.29, 1.82) is 0 Å². The van der Waals surface area contributed by atoms with Gasteiger partial charge in [-0.3, -0.25) is 4.79 Å². The number of rotatable bonds is 6. The molecule has 7 nitrogen and oxygen atoms in total. The van der Waals surface area contributed by atoms with Crippen LogP contribution in [0.2, 0.25) is 0 Å². The number of carbonyl (C=O) groups excluding carboxylic acids is 2. The summed E-state index contributed by atoms with van der Waals surface area (Å²) in [6.07, 6.45) is 0.383. The minimum Gasteiger partial charge on any atom is -0.444 e. The minimum atomic E-state index is -3.66. The third-order valence-corrected chi connectivity index (χ3v) is 6.25. The first kappa shape index (κ1) is 19.1. The van der Waals surface area contributed by atoms with Crippen molar-refractivity contribution >= 4 is 21.9 Å². The first-order valence-electron chi connectivity index (χ1n) is 8.55. The highest BCUT2D eigenvalue weighted by atomic mass is 32.2. The zero-order valence-electron chi connectivity index (χ0n) is 14.6. The first-order chi connectivity index (χ1) is 12.9. The lowest BCUT2D eigenvalue weighted by Gasteiger charge is -2.17. The molecule has 1 amide bonds. The van der Waals surface area contributed by atoms with E-state index in [0.29, 0.717) is 18.7 Å². The zero-order valence-corrected chi connectivity index (χ0v) is 15.4. The minimum absolute atomic E-state index is 0.0224. The number of benzene rings is 2. The lowest BCUT2D eigenvalue weighted by molar-refractivity contribution is -0.127. The molecule has 0 bridgehead atoms. The second kappa shape index (κ2) is 7.89. The predicted octanol–water partition coefficient (Wildman–Crippen LogP) is 1.85. The van der Waals surface area contributed by atoms with Gasteiger partial charge in [-0.25, -0.2) is 13.2 Å². The van der Waals surface area contributed by atoms with Crippen LogP contribution in [-0.2, 0) is 19.6 Å². The van der Waals surface area contributed by atoms with Crippen LogP contribution in [0.15, 0.2) is 59.5 Å². The molecule has 0 radical (unpaired) electrons. The molecule has 0 saturated carbocycles. The Labute approximate surface area is 157 Å². The molecule has 1 fully saturated rings. The van der Waals surface area contributed by atoms with Gasteiger partial charge in [0.1, 0.15) is 0 Å². The number of esters is 1. The average molecular weight is 388 g/mol. The maximum atomic E-state index is 12.7. The van der Waals surface area contributed by atoms with E-state index in [-0.39, 0.29) is 10.5 Å². The highest BCUT2D eigenvalue weighted by molar-refractivity contribution is 7.89. The molecule has 0 aliphatic carbocycles. The van der Waals surface area contributed by atoms with Crippen LogP contribution in [-0.4, -0.2) is 37.7 Å². The fraction of sp³-hybridized carbons (Fsp3) is 0.263. The summed E-state index contributed by atoms with van der Waals surface area (Å²) in [6.45, 7) is 0.934. The monoisotopic (exact) mass is 388 g/mol. The molecule has 1 unspecified atom stereocenters. The Balaban J connectivity index is 1.84. The second-order valence-corrected chi connectivity index (χ2v) is 8.18. The summed E-state index contributed by atoms with van der Waals surface area (Å²) in [7, 11) is -3.66. The molecule has 2 aromatic rings. The van der Waals surface area contributed by atoms with Crippen molar-refractivity contribution in [2.75, 3.05) is 13.1 Å². The molecule has 2 aromatic carbocycles. The average Bonchev–Trinajstić information content (AvgIpc) is 3.22. The standard InChI is InChI=1S/C19H20N2O5S/c20-18(22)17(14-7-2-1-3-8-14)26-19(23)15-9-6-10-16(13-15)27(24,25)21-11-4-5-12-21/h1-3,6-10,13,17H,4-5,11-12H2,(H2,20,22). The molecule has 3 rings (SSSR count). The van der Waals surface area contributed by atoms with Crippen molar-refractivity contribution in [1.82, 2.24) is 4.31 Å². The quantitative estimate of drug-likeness (QED) is 0.760. The van der Waals surface area contributed by atoms with Crippen molar-refractivity contribution in [2.24, 2.45) is 5.73 Å². The molecule has 0 spiro atoms. The van der Waals surface area contributed by atoms with Gasteiger partial charge in [-0.1, -0.05) is 36.4 Å². The molecule has 1 heterocycles. The molecule has 2 N–H and O–H groups in total. The molecule has 8 heteroatoms. The molecular weight excluding hydrogens is 368 g/mol. The van der Waals surface area contributed by atoms with E-state index in [2.05, 4.69) is 0 Å². The van der Waals surface area contributed by atoms with E-state index in [4.69, 9.17) is 10.5 Å². The van der Waals surface area contributed by atoms with Gasteiger partial charge in [0.15, 0.2) is 0 Å². The van der Waals surface area contributed by atoms with Crippen molar-refractivity contribution in [3.8, 4) is 0 Å². The molecule has 1 atom stereocenters. The number of primary amides is 1. The Morgan fingerprint density at radius 3 is 2.30 bits per heavy atom. The summed E-state index contributed by atoms with van der Waals surface area (Å²) in [5.74, 6) is -1.63. The SMILES string of the molecule is NC(=O)C(OC(=O)c1cccc(S(=O)(=O)N2CCCC2)c1)c1ccccc1. The maximum absolute atomic E-state index is 12.7. The summed E-state index contributed by atoms with van der Waals surface area (Å²) in [4.78, 5) is 24.2. The van der Waals surface area contributed by atoms with Gasteiger partial charge in [-0.15, -0.1) is 0 Å². The Morgan fingerprint density at radius 1 is 1.00 bits per heavy atom. The Morgan fingerprint density at radius 2 is 1.67 bits per heavy atom. The van der Waals surface area contributed by atoms with Crippen LogP contribution in [0.3, 0.4) is 0 Å². The van der Waals surface area contributed by atoms with Crippen molar-refractivity contribution in [3.63, 3.8) is 0 Å². The fourth-order valence-electron chi connectivity index (χ4n) is 2.95. The Bertz CT molecular complexity index is 938. The third-order valence-electron chi connectivity index (χ3n) is 4.36. The molecule has 1 aliphatic rings. The van der Waals surface area contributed by atoms with Gasteiger partial charge >= 0.3 is 5.97 Å². The number of ether oxygens (including phenoxy) is 1. The molecule has 1 saturated heterocycles. The van der Waals surface area contributed by atoms with Crippen LogP contribution in [0.25, 0.3) is 0 Å². The van der Waals surface area contributed by atoms with Crippen LogP contribution in [0.1, 0.15) is 34.9 Å². The number of nitrogens with zero attached hydrogens (tertiary/aromatic N) is 1. The van der Waals surface area contributed by atoms with E-state index < -0.39 is 28.0 Å². The van der Waals surface area contributed by atoms with E-state index in [9.17, 15) is 18.0 Å². The summed E-state index contributed by atoms with van der Waals surface area (Å²) in [6, 6.07) is 14.0.